The molecule has 52 valence electrons. The number of phenols is 1. The third kappa shape index (κ3) is 3.12. The Kier molecular flexibility index (Phi) is 5.70. The third-order valence-corrected chi connectivity index (χ3v) is 0.870. The van der Waals surface area contributed by atoms with Gasteiger partial charge in [0.1, 0.15) is 0 Å². The van der Waals surface area contributed by atoms with Crippen LogP contribution in [0.1, 0.15) is 0 Å². The van der Waals surface area contributed by atoms with Gasteiger partial charge in [0.2, 0.25) is 0 Å². The zero-order valence-corrected chi connectivity index (χ0v) is 5.23. The maximum atomic E-state index is 8.73. The summed E-state index contributed by atoms with van der Waals surface area (Å²) in [5, 5.41) is 8.73. The van der Waals surface area contributed by atoms with Crippen LogP contribution in [0.3, 0.4) is 0 Å². The van der Waals surface area contributed by atoms with Crippen LogP contribution in [-0.2, 0) is 0 Å². The van der Waals surface area contributed by atoms with Crippen LogP contribution in [0.15, 0.2) is 24.3 Å². The number of benzene rings is 1. The molecule has 0 aromatic heterocycles. The quantitative estimate of drug-likeness (QED) is 0.505. The Balaban J connectivity index is 0. The Morgan fingerprint density at radius 3 is 2.10 bits per heavy atom. The number of phenolic OH excluding ortho intramolecular Hbond substituents is 1. The Morgan fingerprint density at radius 2 is 1.80 bits per heavy atom. The van der Waals surface area contributed by atoms with Crippen molar-refractivity contribution in [2.45, 2.75) is 0 Å². The van der Waals surface area contributed by atoms with E-state index < -0.39 is 0 Å². The minimum Gasteiger partial charge on any atom is -0.870 e. The summed E-state index contributed by atoms with van der Waals surface area (Å²) in [6, 6.07) is 6.50. The van der Waals surface area contributed by atoms with Gasteiger partial charge in [0.15, 0.2) is 0 Å². The zero-order valence-electron chi connectivity index (χ0n) is 5.23. The van der Waals surface area contributed by atoms with E-state index in [2.05, 4.69) is 0 Å². The molecule has 0 radical (unpaired) electrons. The Morgan fingerprint density at radius 1 is 1.20 bits per heavy atom. The molecule has 0 aliphatic rings. The van der Waals surface area contributed by atoms with Crippen molar-refractivity contribution >= 4 is 13.3 Å². The van der Waals surface area contributed by atoms with Crippen LogP contribution >= 0.6 is 0 Å². The van der Waals surface area contributed by atoms with Gasteiger partial charge in [-0.3, -0.25) is 0 Å². The van der Waals surface area contributed by atoms with E-state index in [1.165, 1.54) is 6.07 Å². The van der Waals surface area contributed by atoms with Gasteiger partial charge >= 0.3 is 48.4 Å². The van der Waals surface area contributed by atoms with Crippen molar-refractivity contribution in [2.24, 2.45) is 0 Å². The fourth-order valence-electron chi connectivity index (χ4n) is 0.525. The van der Waals surface area contributed by atoms with Crippen LogP contribution in [0.25, 0.3) is 0 Å². The van der Waals surface area contributed by atoms with Crippen molar-refractivity contribution in [3.05, 3.63) is 24.3 Å². The Labute approximate surface area is 60.3 Å². The molecule has 0 amide bonds. The van der Waals surface area contributed by atoms with Gasteiger partial charge in [-0.2, -0.15) is 0 Å². The maximum absolute atomic E-state index is 8.73. The molecule has 0 atom stereocenters. The molecule has 0 fully saturated rings. The minimum absolute atomic E-state index is 0. The van der Waals surface area contributed by atoms with Gasteiger partial charge in [-0.15, -0.1) is 0 Å². The summed E-state index contributed by atoms with van der Waals surface area (Å²) >= 11 is 0. The maximum Gasteiger partial charge on any atom is -0.870 e. The summed E-state index contributed by atoms with van der Waals surface area (Å²) in [6.45, 7) is 0. The molecule has 0 saturated heterocycles. The molecular weight excluding hydrogens is 131 g/mol. The predicted octanol–water partition coefficient (Wildman–Crippen LogP) is -0.168. The van der Waals surface area contributed by atoms with Crippen molar-refractivity contribution in [1.29, 1.82) is 0 Å². The van der Waals surface area contributed by atoms with E-state index in [4.69, 9.17) is 13.0 Å². The van der Waals surface area contributed by atoms with Crippen molar-refractivity contribution in [1.82, 2.24) is 0 Å². The standard InChI is InChI=1S/C6H5BO.2H2O/c7-5-2-1-3-6(8)4-5;;/h1-4,8H;2*1H2/q+2;;/p-2. The molecule has 0 bridgehead atoms. The number of aromatic hydroxyl groups is 1. The first-order chi connectivity index (χ1) is 3.79. The Bertz CT molecular complexity index is 173. The van der Waals surface area contributed by atoms with Gasteiger partial charge in [0.25, 0.3) is 0 Å². The molecule has 0 saturated carbocycles. The van der Waals surface area contributed by atoms with Crippen LogP contribution in [-0.4, -0.2) is 23.9 Å². The molecule has 10 heavy (non-hydrogen) atoms. The smallest absolute Gasteiger partial charge is 0.870 e. The van der Waals surface area contributed by atoms with Gasteiger partial charge in [-0.05, 0) is 0 Å². The van der Waals surface area contributed by atoms with Crippen LogP contribution in [0, 0.1) is 0 Å². The molecule has 3 N–H and O–H groups in total. The SMILES string of the molecule is [B+2]c1cccc(O)c1.[OH-].[OH-]. The van der Waals surface area contributed by atoms with Gasteiger partial charge in [0, 0.05) is 0 Å². The van der Waals surface area contributed by atoms with Crippen molar-refractivity contribution in [3.63, 3.8) is 0 Å². The first kappa shape index (κ1) is 11.8. The molecule has 1 rings (SSSR count). The third-order valence-electron chi connectivity index (χ3n) is 0.870. The fourth-order valence-corrected chi connectivity index (χ4v) is 0.525. The first-order valence-corrected chi connectivity index (χ1v) is 2.33. The van der Waals surface area contributed by atoms with Crippen molar-refractivity contribution < 1.29 is 16.1 Å². The summed E-state index contributed by atoms with van der Waals surface area (Å²) in [5.41, 5.74) is 0.588. The average Bonchev–Trinajstić information content (AvgIpc) is 1.64. The zero-order chi connectivity index (χ0) is 5.98. The Hall–Kier alpha value is -0.995. The van der Waals surface area contributed by atoms with E-state index in [1.807, 2.05) is 0 Å². The van der Waals surface area contributed by atoms with E-state index >= 15 is 0 Å². The average molecular weight is 138 g/mol. The molecule has 3 nitrogen and oxygen atoms in total. The van der Waals surface area contributed by atoms with Crippen LogP contribution < -0.4 is 5.46 Å². The predicted molar refractivity (Wildman–Crippen MR) is 37.4 cm³/mol. The van der Waals surface area contributed by atoms with E-state index in [-0.39, 0.29) is 16.7 Å². The van der Waals surface area contributed by atoms with Gasteiger partial charge < -0.3 is 11.0 Å². The van der Waals surface area contributed by atoms with Gasteiger partial charge in [0.05, 0.1) is 0 Å². The van der Waals surface area contributed by atoms with Crippen molar-refractivity contribution in [3.8, 4) is 5.75 Å². The summed E-state index contributed by atoms with van der Waals surface area (Å²) in [7, 11) is 5.30. The van der Waals surface area contributed by atoms with Crippen LogP contribution in [0.4, 0.5) is 0 Å². The fraction of sp³-hybridized carbons (Fsp3) is 0. The summed E-state index contributed by atoms with van der Waals surface area (Å²) < 4.78 is 0. The molecule has 0 aliphatic heterocycles. The van der Waals surface area contributed by atoms with Crippen molar-refractivity contribution in [2.75, 3.05) is 0 Å². The number of rotatable bonds is 0. The van der Waals surface area contributed by atoms with Gasteiger partial charge in [-0.25, -0.2) is 0 Å². The van der Waals surface area contributed by atoms with E-state index in [0.717, 1.165) is 0 Å². The molecule has 1 aromatic carbocycles. The first-order valence-electron chi connectivity index (χ1n) is 2.33. The number of hydrogen-bond donors (Lipinski definition) is 1. The normalized spacial score (nSPS) is 7.40. The van der Waals surface area contributed by atoms with Gasteiger partial charge in [-0.1, -0.05) is 0 Å². The molecule has 1 aromatic rings. The second-order valence-electron chi connectivity index (χ2n) is 1.59. The molecule has 0 aliphatic carbocycles. The summed E-state index contributed by atoms with van der Waals surface area (Å²) in [5.74, 6) is 0.213. The van der Waals surface area contributed by atoms with E-state index in [1.54, 1.807) is 18.2 Å². The topological polar surface area (TPSA) is 80.2 Å². The molecule has 0 spiro atoms. The second kappa shape index (κ2) is 4.84. The largest absolute Gasteiger partial charge is 0.870 e. The monoisotopic (exact) mass is 138 g/mol. The molecular formula is C6H7BO3. The summed E-state index contributed by atoms with van der Waals surface area (Å²) in [4.78, 5) is 0. The molecule has 0 unspecified atom stereocenters. The number of hydrogen-bond acceptors (Lipinski definition) is 3. The summed E-state index contributed by atoms with van der Waals surface area (Å²) in [6.07, 6.45) is 0. The van der Waals surface area contributed by atoms with E-state index in [0.29, 0.717) is 5.46 Å². The van der Waals surface area contributed by atoms with E-state index in [9.17, 15) is 0 Å². The molecule has 4 heteroatoms. The minimum atomic E-state index is 0. The molecule has 0 heterocycles. The second-order valence-corrected chi connectivity index (χ2v) is 1.59. The van der Waals surface area contributed by atoms with Crippen LogP contribution in [0.2, 0.25) is 0 Å². The van der Waals surface area contributed by atoms with Crippen LogP contribution in [0.5, 0.6) is 5.75 Å².